The molecule has 1 saturated carbocycles. The Kier molecular flexibility index (Phi) is 3.63. The van der Waals surface area contributed by atoms with Crippen LogP contribution in [-0.4, -0.2) is 5.54 Å². The highest BCUT2D eigenvalue weighted by Crippen LogP contribution is 2.42. The average molecular weight is 322 g/mol. The van der Waals surface area contributed by atoms with Gasteiger partial charge in [-0.15, -0.1) is 0 Å². The van der Waals surface area contributed by atoms with Crippen molar-refractivity contribution in [3.8, 4) is 0 Å². The van der Waals surface area contributed by atoms with Crippen LogP contribution in [-0.2, 0) is 6.18 Å². The van der Waals surface area contributed by atoms with Gasteiger partial charge < -0.3 is 5.32 Å². The lowest BCUT2D eigenvalue weighted by Gasteiger charge is -2.43. The van der Waals surface area contributed by atoms with Gasteiger partial charge in [0.2, 0.25) is 0 Å². The maximum absolute atomic E-state index is 12.9. The van der Waals surface area contributed by atoms with E-state index in [1.807, 2.05) is 6.92 Å². The molecule has 1 fully saturated rings. The Hall–Kier alpha value is -0.710. The van der Waals surface area contributed by atoms with Gasteiger partial charge in [-0.05, 0) is 43.9 Å². The minimum atomic E-state index is -4.32. The summed E-state index contributed by atoms with van der Waals surface area (Å²) in [6.45, 7) is 2.01. The molecular weight excluding hydrogens is 307 g/mol. The van der Waals surface area contributed by atoms with Crippen molar-refractivity contribution in [3.05, 3.63) is 28.2 Å². The van der Waals surface area contributed by atoms with Crippen LogP contribution in [0.5, 0.6) is 0 Å². The third-order valence-corrected chi connectivity index (χ3v) is 4.17. The summed E-state index contributed by atoms with van der Waals surface area (Å²) in [6, 6.07) is 4.06. The van der Waals surface area contributed by atoms with E-state index in [-0.39, 0.29) is 11.2 Å². The number of hydrogen-bond donors (Lipinski definition) is 1. The first kappa shape index (κ1) is 13.7. The van der Waals surface area contributed by atoms with Crippen LogP contribution in [0.15, 0.2) is 22.7 Å². The largest absolute Gasteiger partial charge is 0.418 e. The van der Waals surface area contributed by atoms with Crippen LogP contribution in [0.4, 0.5) is 18.9 Å². The van der Waals surface area contributed by atoms with Gasteiger partial charge in [0.1, 0.15) is 0 Å². The molecule has 0 amide bonds. The molecule has 1 aromatic rings. The molecule has 0 spiro atoms. The molecule has 0 atom stereocenters. The van der Waals surface area contributed by atoms with Crippen LogP contribution in [0.3, 0.4) is 0 Å². The number of benzene rings is 1. The SMILES string of the molecule is CCC1(Nc2cc(Br)ccc2C(F)(F)F)CCC1. The zero-order valence-corrected chi connectivity index (χ0v) is 11.7. The molecule has 0 saturated heterocycles. The number of anilines is 1. The van der Waals surface area contributed by atoms with Gasteiger partial charge in [0.15, 0.2) is 0 Å². The number of rotatable bonds is 3. The van der Waals surface area contributed by atoms with E-state index in [2.05, 4.69) is 21.2 Å². The summed E-state index contributed by atoms with van der Waals surface area (Å²) in [4.78, 5) is 0. The molecule has 18 heavy (non-hydrogen) atoms. The van der Waals surface area contributed by atoms with Crippen molar-refractivity contribution in [1.82, 2.24) is 0 Å². The first-order valence-corrected chi connectivity index (χ1v) is 6.80. The highest BCUT2D eigenvalue weighted by molar-refractivity contribution is 9.10. The first-order valence-electron chi connectivity index (χ1n) is 6.01. The molecule has 1 nitrogen and oxygen atoms in total. The molecule has 2 rings (SSSR count). The molecule has 100 valence electrons. The molecule has 1 N–H and O–H groups in total. The summed E-state index contributed by atoms with van der Waals surface area (Å²) in [7, 11) is 0. The van der Waals surface area contributed by atoms with Gasteiger partial charge in [-0.2, -0.15) is 13.2 Å². The van der Waals surface area contributed by atoms with E-state index in [0.717, 1.165) is 31.7 Å². The second-order valence-corrected chi connectivity index (χ2v) is 5.72. The Morgan fingerprint density at radius 2 is 2.00 bits per heavy atom. The monoisotopic (exact) mass is 321 g/mol. The lowest BCUT2D eigenvalue weighted by Crippen LogP contribution is -2.44. The number of alkyl halides is 3. The van der Waals surface area contributed by atoms with E-state index in [9.17, 15) is 13.2 Å². The zero-order chi connectivity index (χ0) is 13.4. The van der Waals surface area contributed by atoms with Crippen LogP contribution in [0.1, 0.15) is 38.2 Å². The highest BCUT2D eigenvalue weighted by Gasteiger charge is 2.39. The van der Waals surface area contributed by atoms with Crippen molar-refractivity contribution in [2.45, 2.75) is 44.3 Å². The predicted molar refractivity (Wildman–Crippen MR) is 69.6 cm³/mol. The number of hydrogen-bond acceptors (Lipinski definition) is 1. The van der Waals surface area contributed by atoms with E-state index in [1.165, 1.54) is 12.1 Å². The maximum Gasteiger partial charge on any atom is 0.418 e. The molecule has 0 radical (unpaired) electrons. The Labute approximate surface area is 113 Å². The van der Waals surface area contributed by atoms with Crippen molar-refractivity contribution in [2.24, 2.45) is 0 Å². The Morgan fingerprint density at radius 3 is 2.44 bits per heavy atom. The summed E-state index contributed by atoms with van der Waals surface area (Å²) in [5.41, 5.74) is -0.565. The predicted octanol–water partition coefficient (Wildman–Crippen LogP) is 5.21. The van der Waals surface area contributed by atoms with Crippen molar-refractivity contribution >= 4 is 21.6 Å². The summed E-state index contributed by atoms with van der Waals surface area (Å²) < 4.78 is 39.4. The lowest BCUT2D eigenvalue weighted by molar-refractivity contribution is -0.137. The van der Waals surface area contributed by atoms with E-state index < -0.39 is 11.7 Å². The van der Waals surface area contributed by atoms with Crippen LogP contribution >= 0.6 is 15.9 Å². The fourth-order valence-corrected chi connectivity index (χ4v) is 2.68. The van der Waals surface area contributed by atoms with Crippen molar-refractivity contribution in [1.29, 1.82) is 0 Å². The normalized spacial score (nSPS) is 18.3. The molecule has 0 aromatic heterocycles. The second kappa shape index (κ2) is 4.76. The third-order valence-electron chi connectivity index (χ3n) is 3.67. The van der Waals surface area contributed by atoms with Crippen molar-refractivity contribution < 1.29 is 13.2 Å². The van der Waals surface area contributed by atoms with Crippen LogP contribution < -0.4 is 5.32 Å². The average Bonchev–Trinajstić information content (AvgIpc) is 2.21. The van der Waals surface area contributed by atoms with Gasteiger partial charge in [-0.3, -0.25) is 0 Å². The van der Waals surface area contributed by atoms with Gasteiger partial charge in [-0.1, -0.05) is 22.9 Å². The standard InChI is InChI=1S/C13H15BrF3N/c1-2-12(6-3-7-12)18-11-8-9(14)4-5-10(11)13(15,16)17/h4-5,8,18H,2-3,6-7H2,1H3. The minimum absolute atomic E-state index is 0.152. The lowest BCUT2D eigenvalue weighted by atomic mass is 9.74. The van der Waals surface area contributed by atoms with E-state index in [1.54, 1.807) is 0 Å². The summed E-state index contributed by atoms with van der Waals surface area (Å²) >= 11 is 3.23. The van der Waals surface area contributed by atoms with Crippen molar-refractivity contribution in [2.75, 3.05) is 5.32 Å². The summed E-state index contributed by atoms with van der Waals surface area (Å²) in [5, 5.41) is 3.11. The number of nitrogens with one attached hydrogen (secondary N) is 1. The number of halogens is 4. The van der Waals surface area contributed by atoms with Gasteiger partial charge in [0, 0.05) is 15.7 Å². The topological polar surface area (TPSA) is 12.0 Å². The van der Waals surface area contributed by atoms with Gasteiger partial charge in [0.25, 0.3) is 0 Å². The van der Waals surface area contributed by atoms with E-state index >= 15 is 0 Å². The van der Waals surface area contributed by atoms with E-state index in [4.69, 9.17) is 0 Å². The van der Waals surface area contributed by atoms with E-state index in [0.29, 0.717) is 4.47 Å². The molecule has 1 aromatic carbocycles. The first-order chi connectivity index (χ1) is 8.36. The Bertz CT molecular complexity index is 433. The molecule has 0 bridgehead atoms. The summed E-state index contributed by atoms with van der Waals surface area (Å²) in [6.07, 6.45) is -0.519. The molecular formula is C13H15BrF3N. The van der Waals surface area contributed by atoms with Crippen LogP contribution in [0, 0.1) is 0 Å². The summed E-state index contributed by atoms with van der Waals surface area (Å²) in [5.74, 6) is 0. The quantitative estimate of drug-likeness (QED) is 0.805. The van der Waals surface area contributed by atoms with Crippen LogP contribution in [0.25, 0.3) is 0 Å². The molecule has 5 heteroatoms. The van der Waals surface area contributed by atoms with Gasteiger partial charge in [-0.25, -0.2) is 0 Å². The Morgan fingerprint density at radius 1 is 1.33 bits per heavy atom. The second-order valence-electron chi connectivity index (χ2n) is 4.80. The molecule has 0 aliphatic heterocycles. The van der Waals surface area contributed by atoms with Gasteiger partial charge in [0.05, 0.1) is 5.56 Å². The highest BCUT2D eigenvalue weighted by atomic mass is 79.9. The molecule has 0 unspecified atom stereocenters. The molecule has 0 heterocycles. The fourth-order valence-electron chi connectivity index (χ4n) is 2.32. The fraction of sp³-hybridized carbons (Fsp3) is 0.538. The third kappa shape index (κ3) is 2.66. The van der Waals surface area contributed by atoms with Crippen LogP contribution in [0.2, 0.25) is 0 Å². The zero-order valence-electron chi connectivity index (χ0n) is 10.1. The minimum Gasteiger partial charge on any atom is -0.379 e. The van der Waals surface area contributed by atoms with Crippen molar-refractivity contribution in [3.63, 3.8) is 0 Å². The molecule has 1 aliphatic carbocycles. The Balaban J connectivity index is 2.33. The smallest absolute Gasteiger partial charge is 0.379 e. The maximum atomic E-state index is 12.9. The van der Waals surface area contributed by atoms with Gasteiger partial charge >= 0.3 is 6.18 Å². The molecule has 1 aliphatic rings.